The molecule has 0 radical (unpaired) electrons. The van der Waals surface area contributed by atoms with Gasteiger partial charge in [0.2, 0.25) is 0 Å². The van der Waals surface area contributed by atoms with Crippen LogP contribution in [0.5, 0.6) is 0 Å². The highest BCUT2D eigenvalue weighted by Gasteiger charge is 2.12. The van der Waals surface area contributed by atoms with Gasteiger partial charge in [0, 0.05) is 13.1 Å². The molecule has 0 rings (SSSR count). The Morgan fingerprint density at radius 3 is 2.25 bits per heavy atom. The molecular formula is C7H15F2NO2. The summed E-state index contributed by atoms with van der Waals surface area (Å²) in [5.41, 5.74) is 0. The van der Waals surface area contributed by atoms with E-state index in [-0.39, 0.29) is 19.7 Å². The van der Waals surface area contributed by atoms with Crippen LogP contribution >= 0.6 is 0 Å². The first-order valence-corrected chi connectivity index (χ1v) is 3.85. The molecular weight excluding hydrogens is 168 g/mol. The molecule has 0 saturated carbocycles. The van der Waals surface area contributed by atoms with Gasteiger partial charge in [0.05, 0.1) is 19.3 Å². The molecule has 0 saturated heterocycles. The number of aliphatic hydroxyl groups is 2. The summed E-state index contributed by atoms with van der Waals surface area (Å²) in [5.74, 6) is 0. The Morgan fingerprint density at radius 1 is 1.33 bits per heavy atom. The summed E-state index contributed by atoms with van der Waals surface area (Å²) in [6.45, 7) is 1.31. The quantitative estimate of drug-likeness (QED) is 0.605. The van der Waals surface area contributed by atoms with Crippen LogP contribution < -0.4 is 0 Å². The molecule has 12 heavy (non-hydrogen) atoms. The number of halogens is 2. The summed E-state index contributed by atoms with van der Waals surface area (Å²) in [7, 11) is 0. The highest BCUT2D eigenvalue weighted by atomic mass is 19.3. The highest BCUT2D eigenvalue weighted by molar-refractivity contribution is 4.61. The summed E-state index contributed by atoms with van der Waals surface area (Å²) in [4.78, 5) is 1.33. The molecule has 0 unspecified atom stereocenters. The van der Waals surface area contributed by atoms with Gasteiger partial charge < -0.3 is 10.2 Å². The van der Waals surface area contributed by atoms with Gasteiger partial charge in [0.15, 0.2) is 0 Å². The molecule has 5 heteroatoms. The maximum atomic E-state index is 11.9. The minimum Gasteiger partial charge on any atom is -0.395 e. The lowest BCUT2D eigenvalue weighted by atomic mass is 10.3. The van der Waals surface area contributed by atoms with E-state index in [9.17, 15) is 8.78 Å². The SMILES string of the molecule is C[C@H](O)CN(CCO)CC(F)F. The Bertz CT molecular complexity index is 102. The van der Waals surface area contributed by atoms with E-state index in [0.29, 0.717) is 0 Å². The Labute approximate surface area is 70.6 Å². The first-order chi connectivity index (χ1) is 5.56. The molecule has 0 amide bonds. The summed E-state index contributed by atoms with van der Waals surface area (Å²) in [6.07, 6.45) is -3.06. The molecule has 0 fully saturated rings. The smallest absolute Gasteiger partial charge is 0.251 e. The topological polar surface area (TPSA) is 43.7 Å². The summed E-state index contributed by atoms with van der Waals surface area (Å²) >= 11 is 0. The maximum Gasteiger partial charge on any atom is 0.251 e. The highest BCUT2D eigenvalue weighted by Crippen LogP contribution is 1.99. The van der Waals surface area contributed by atoms with Crippen molar-refractivity contribution >= 4 is 0 Å². The minimum absolute atomic E-state index is 0.167. The molecule has 0 aromatic carbocycles. The van der Waals surface area contributed by atoms with E-state index in [4.69, 9.17) is 10.2 Å². The lowest BCUT2D eigenvalue weighted by Gasteiger charge is -2.21. The van der Waals surface area contributed by atoms with E-state index in [0.717, 1.165) is 0 Å². The Kier molecular flexibility index (Phi) is 6.14. The second-order valence-electron chi connectivity index (χ2n) is 2.72. The van der Waals surface area contributed by atoms with Gasteiger partial charge >= 0.3 is 0 Å². The van der Waals surface area contributed by atoms with Gasteiger partial charge in [0.1, 0.15) is 0 Å². The van der Waals surface area contributed by atoms with E-state index in [1.807, 2.05) is 0 Å². The van der Waals surface area contributed by atoms with Crippen molar-refractivity contribution in [2.75, 3.05) is 26.2 Å². The predicted octanol–water partition coefficient (Wildman–Crippen LogP) is -0.0734. The largest absolute Gasteiger partial charge is 0.395 e. The van der Waals surface area contributed by atoms with E-state index in [1.54, 1.807) is 0 Å². The van der Waals surface area contributed by atoms with Crippen LogP contribution in [0.25, 0.3) is 0 Å². The maximum absolute atomic E-state index is 11.9. The Balaban J connectivity index is 3.69. The minimum atomic E-state index is -2.42. The number of hydrogen-bond donors (Lipinski definition) is 2. The van der Waals surface area contributed by atoms with E-state index in [2.05, 4.69) is 0 Å². The fraction of sp³-hybridized carbons (Fsp3) is 1.00. The fourth-order valence-corrected chi connectivity index (χ4v) is 0.967. The molecule has 0 bridgehead atoms. The molecule has 0 aliphatic carbocycles. The van der Waals surface area contributed by atoms with Gasteiger partial charge in [-0.2, -0.15) is 0 Å². The van der Waals surface area contributed by atoms with Crippen molar-refractivity contribution < 1.29 is 19.0 Å². The van der Waals surface area contributed by atoms with Crippen LogP contribution in [0.4, 0.5) is 8.78 Å². The van der Waals surface area contributed by atoms with Crippen molar-refractivity contribution in [2.24, 2.45) is 0 Å². The normalized spacial score (nSPS) is 14.2. The number of hydrogen-bond acceptors (Lipinski definition) is 3. The average Bonchev–Trinajstić information content (AvgIpc) is 1.84. The lowest BCUT2D eigenvalue weighted by Crippen LogP contribution is -2.36. The zero-order valence-corrected chi connectivity index (χ0v) is 7.08. The van der Waals surface area contributed by atoms with Crippen molar-refractivity contribution in [3.05, 3.63) is 0 Å². The molecule has 0 aromatic rings. The third-order valence-corrected chi connectivity index (χ3v) is 1.33. The molecule has 0 spiro atoms. The third-order valence-electron chi connectivity index (χ3n) is 1.33. The van der Waals surface area contributed by atoms with E-state index in [1.165, 1.54) is 11.8 Å². The molecule has 74 valence electrons. The van der Waals surface area contributed by atoms with Crippen LogP contribution in [0.3, 0.4) is 0 Å². The first kappa shape index (κ1) is 11.7. The standard InChI is InChI=1S/C7H15F2NO2/c1-6(12)4-10(2-3-11)5-7(8)9/h6-7,11-12H,2-5H2,1H3/t6-/m0/s1. The van der Waals surface area contributed by atoms with Crippen molar-refractivity contribution in [2.45, 2.75) is 19.5 Å². The van der Waals surface area contributed by atoms with Gasteiger partial charge in [-0.3, -0.25) is 4.90 Å². The molecule has 0 aliphatic heterocycles. The second-order valence-corrected chi connectivity index (χ2v) is 2.72. The molecule has 0 aromatic heterocycles. The van der Waals surface area contributed by atoms with Crippen LogP contribution in [0.2, 0.25) is 0 Å². The van der Waals surface area contributed by atoms with Gasteiger partial charge in [-0.15, -0.1) is 0 Å². The molecule has 1 atom stereocenters. The van der Waals surface area contributed by atoms with Crippen molar-refractivity contribution in [1.29, 1.82) is 0 Å². The Morgan fingerprint density at radius 2 is 1.92 bits per heavy atom. The van der Waals surface area contributed by atoms with Crippen molar-refractivity contribution in [3.8, 4) is 0 Å². The Hall–Kier alpha value is -0.260. The van der Waals surface area contributed by atoms with Gasteiger partial charge in [-0.1, -0.05) is 0 Å². The predicted molar refractivity (Wildman–Crippen MR) is 41.2 cm³/mol. The zero-order chi connectivity index (χ0) is 9.56. The first-order valence-electron chi connectivity index (χ1n) is 3.85. The van der Waals surface area contributed by atoms with Crippen molar-refractivity contribution in [1.82, 2.24) is 4.90 Å². The van der Waals surface area contributed by atoms with Gasteiger partial charge in [-0.05, 0) is 6.92 Å². The average molecular weight is 183 g/mol. The van der Waals surface area contributed by atoms with Gasteiger partial charge in [-0.25, -0.2) is 8.78 Å². The van der Waals surface area contributed by atoms with Crippen LogP contribution in [0.15, 0.2) is 0 Å². The van der Waals surface area contributed by atoms with Crippen molar-refractivity contribution in [3.63, 3.8) is 0 Å². The van der Waals surface area contributed by atoms with E-state index < -0.39 is 19.1 Å². The van der Waals surface area contributed by atoms with E-state index >= 15 is 0 Å². The zero-order valence-electron chi connectivity index (χ0n) is 7.08. The number of alkyl halides is 2. The molecule has 2 N–H and O–H groups in total. The number of aliphatic hydroxyl groups excluding tert-OH is 2. The van der Waals surface area contributed by atoms with Gasteiger partial charge in [0.25, 0.3) is 6.43 Å². The summed E-state index contributed by atoms with van der Waals surface area (Å²) in [6, 6.07) is 0. The molecule has 0 aliphatic rings. The number of nitrogens with zero attached hydrogens (tertiary/aromatic N) is 1. The third kappa shape index (κ3) is 6.45. The lowest BCUT2D eigenvalue weighted by molar-refractivity contribution is 0.0513. The summed E-state index contributed by atoms with van der Waals surface area (Å²) < 4.78 is 23.7. The van der Waals surface area contributed by atoms with Crippen LogP contribution in [0, 0.1) is 0 Å². The molecule has 3 nitrogen and oxygen atoms in total. The monoisotopic (exact) mass is 183 g/mol. The fourth-order valence-electron chi connectivity index (χ4n) is 0.967. The summed E-state index contributed by atoms with van der Waals surface area (Å²) in [5, 5.41) is 17.4. The van der Waals surface area contributed by atoms with Crippen LogP contribution in [-0.4, -0.2) is 53.9 Å². The number of rotatable bonds is 6. The van der Waals surface area contributed by atoms with Crippen LogP contribution in [-0.2, 0) is 0 Å². The molecule has 0 heterocycles. The second kappa shape index (κ2) is 6.28. The van der Waals surface area contributed by atoms with Crippen LogP contribution in [0.1, 0.15) is 6.92 Å².